The van der Waals surface area contributed by atoms with Gasteiger partial charge in [0.1, 0.15) is 15.8 Å². The molecule has 3 N–H and O–H groups in total. The topological polar surface area (TPSA) is 96.0 Å². The van der Waals surface area contributed by atoms with Gasteiger partial charge in [-0.05, 0) is 24.3 Å². The van der Waals surface area contributed by atoms with Crippen molar-refractivity contribution in [3.63, 3.8) is 0 Å². The molecule has 1 aliphatic heterocycles. The van der Waals surface area contributed by atoms with Crippen LogP contribution in [0.1, 0.15) is 20.8 Å². The fourth-order valence-electron chi connectivity index (χ4n) is 2.28. The quantitative estimate of drug-likeness (QED) is 0.827. The van der Waals surface area contributed by atoms with E-state index in [-0.39, 0.29) is 18.1 Å². The van der Waals surface area contributed by atoms with E-state index in [0.29, 0.717) is 31.7 Å². The van der Waals surface area contributed by atoms with Crippen LogP contribution in [0, 0.1) is 17.2 Å². The molecule has 110 valence electrons. The molecule has 1 amide bonds. The summed E-state index contributed by atoms with van der Waals surface area (Å²) in [7, 11) is 0. The number of hydrogen-bond donors (Lipinski definition) is 2. The fraction of sp³-hybridized carbons (Fsp3) is 0.133. The van der Waals surface area contributed by atoms with Crippen molar-refractivity contribution < 1.29 is 9.59 Å². The van der Waals surface area contributed by atoms with Crippen molar-refractivity contribution in [2.45, 2.75) is 6.42 Å². The molecule has 1 aliphatic rings. The third-order valence-corrected chi connectivity index (χ3v) is 4.89. The number of hydrogen-bond acceptors (Lipinski definition) is 5. The lowest BCUT2D eigenvalue weighted by molar-refractivity contribution is -0.118. The van der Waals surface area contributed by atoms with Crippen LogP contribution in [0.5, 0.6) is 0 Å². The summed E-state index contributed by atoms with van der Waals surface area (Å²) in [6, 6.07) is 8.45. The number of anilines is 2. The lowest BCUT2D eigenvalue weighted by atomic mass is 9.96. The van der Waals surface area contributed by atoms with Gasteiger partial charge in [-0.3, -0.25) is 9.59 Å². The minimum absolute atomic E-state index is 0.226. The van der Waals surface area contributed by atoms with Crippen LogP contribution in [-0.2, 0) is 11.2 Å². The van der Waals surface area contributed by atoms with Crippen molar-refractivity contribution >= 4 is 45.3 Å². The molecular weight excluding hydrogens is 322 g/mol. The average molecular weight is 332 g/mol. The first kappa shape index (κ1) is 14.6. The van der Waals surface area contributed by atoms with Gasteiger partial charge in [-0.25, -0.2) is 0 Å². The summed E-state index contributed by atoms with van der Waals surface area (Å²) < 4.78 is 0. The number of thiophene rings is 1. The van der Waals surface area contributed by atoms with Gasteiger partial charge >= 0.3 is 0 Å². The number of benzene rings is 1. The van der Waals surface area contributed by atoms with Gasteiger partial charge in [-0.1, -0.05) is 11.6 Å². The number of nitrogens with one attached hydrogen (secondary N) is 1. The maximum atomic E-state index is 12.5. The minimum Gasteiger partial charge on any atom is -0.397 e. The van der Waals surface area contributed by atoms with E-state index < -0.39 is 5.92 Å². The smallest absolute Gasteiger partial charge is 0.242 e. The van der Waals surface area contributed by atoms with Gasteiger partial charge in [0.05, 0.1) is 11.8 Å². The van der Waals surface area contributed by atoms with Crippen molar-refractivity contribution in [1.82, 2.24) is 0 Å². The largest absolute Gasteiger partial charge is 0.397 e. The molecule has 0 fully saturated rings. The number of amides is 1. The van der Waals surface area contributed by atoms with Crippen LogP contribution in [0.2, 0.25) is 5.02 Å². The Morgan fingerprint density at radius 1 is 1.41 bits per heavy atom. The average Bonchev–Trinajstić information content (AvgIpc) is 2.82. The van der Waals surface area contributed by atoms with Crippen LogP contribution < -0.4 is 11.1 Å². The van der Waals surface area contributed by atoms with Gasteiger partial charge in [-0.2, -0.15) is 5.26 Å². The molecular formula is C15H10ClN3O2S. The Labute approximate surface area is 135 Å². The van der Waals surface area contributed by atoms with Crippen molar-refractivity contribution in [2.24, 2.45) is 5.92 Å². The first-order valence-electron chi connectivity index (χ1n) is 6.43. The predicted molar refractivity (Wildman–Crippen MR) is 85.1 cm³/mol. The lowest BCUT2D eigenvalue weighted by Crippen LogP contribution is -2.28. The van der Waals surface area contributed by atoms with Gasteiger partial charge in [0.2, 0.25) is 11.7 Å². The second-order valence-corrected chi connectivity index (χ2v) is 6.32. The maximum Gasteiger partial charge on any atom is 0.242 e. The molecule has 7 heteroatoms. The first-order chi connectivity index (χ1) is 10.5. The summed E-state index contributed by atoms with van der Waals surface area (Å²) >= 11 is 6.95. The molecule has 1 aromatic heterocycles. The SMILES string of the molecule is N#CC1Cc2c(sc(C(=O)c3ccc(Cl)cc3)c2N)NC1=O. The summed E-state index contributed by atoms with van der Waals surface area (Å²) in [5, 5.41) is 12.7. The maximum absolute atomic E-state index is 12.5. The second kappa shape index (κ2) is 5.44. The van der Waals surface area contributed by atoms with Crippen molar-refractivity contribution in [3.05, 3.63) is 45.3 Å². The van der Waals surface area contributed by atoms with Crippen LogP contribution in [0.25, 0.3) is 0 Å². The summed E-state index contributed by atoms with van der Waals surface area (Å²) in [5.41, 5.74) is 7.52. The van der Waals surface area contributed by atoms with E-state index in [1.807, 2.05) is 6.07 Å². The highest BCUT2D eigenvalue weighted by Gasteiger charge is 2.32. The Hall–Kier alpha value is -2.36. The Bertz CT molecular complexity index is 821. The number of ketones is 1. The third kappa shape index (κ3) is 2.34. The van der Waals surface area contributed by atoms with Crippen LogP contribution in [0.15, 0.2) is 24.3 Å². The fourth-order valence-corrected chi connectivity index (χ4v) is 3.52. The number of nitrogens with zero attached hydrogens (tertiary/aromatic N) is 1. The van der Waals surface area contributed by atoms with Crippen molar-refractivity contribution in [3.8, 4) is 6.07 Å². The summed E-state index contributed by atoms with van der Waals surface area (Å²) in [6.45, 7) is 0. The van der Waals surface area contributed by atoms with Crippen LogP contribution >= 0.6 is 22.9 Å². The lowest BCUT2D eigenvalue weighted by Gasteiger charge is -2.16. The van der Waals surface area contributed by atoms with Gasteiger partial charge < -0.3 is 11.1 Å². The van der Waals surface area contributed by atoms with Crippen LogP contribution in [0.4, 0.5) is 10.7 Å². The number of rotatable bonds is 2. The van der Waals surface area contributed by atoms with Gasteiger partial charge in [0.25, 0.3) is 0 Å². The number of nitrogen functional groups attached to an aromatic ring is 1. The van der Waals surface area contributed by atoms with E-state index in [2.05, 4.69) is 5.32 Å². The van der Waals surface area contributed by atoms with E-state index in [4.69, 9.17) is 22.6 Å². The highest BCUT2D eigenvalue weighted by molar-refractivity contribution is 7.19. The minimum atomic E-state index is -0.775. The number of carbonyl (C=O) groups excluding carboxylic acids is 2. The highest BCUT2D eigenvalue weighted by atomic mass is 35.5. The second-order valence-electron chi connectivity index (χ2n) is 4.86. The Morgan fingerprint density at radius 2 is 2.09 bits per heavy atom. The molecule has 0 aliphatic carbocycles. The molecule has 1 atom stereocenters. The molecule has 2 aromatic rings. The normalized spacial score (nSPS) is 16.5. The van der Waals surface area contributed by atoms with E-state index in [1.165, 1.54) is 0 Å². The van der Waals surface area contributed by atoms with Crippen LogP contribution in [-0.4, -0.2) is 11.7 Å². The predicted octanol–water partition coefficient (Wildman–Crippen LogP) is 2.85. The molecule has 0 saturated carbocycles. The van der Waals surface area contributed by atoms with Crippen molar-refractivity contribution in [2.75, 3.05) is 11.1 Å². The highest BCUT2D eigenvalue weighted by Crippen LogP contribution is 2.41. The third-order valence-electron chi connectivity index (χ3n) is 3.48. The molecule has 3 rings (SSSR count). The molecule has 5 nitrogen and oxygen atoms in total. The van der Waals surface area contributed by atoms with Crippen molar-refractivity contribution in [1.29, 1.82) is 5.26 Å². The first-order valence-corrected chi connectivity index (χ1v) is 7.62. The van der Waals surface area contributed by atoms with E-state index in [9.17, 15) is 9.59 Å². The zero-order valence-electron chi connectivity index (χ0n) is 11.2. The van der Waals surface area contributed by atoms with E-state index in [1.54, 1.807) is 24.3 Å². The Morgan fingerprint density at radius 3 is 2.73 bits per heavy atom. The molecule has 0 saturated heterocycles. The molecule has 0 radical (unpaired) electrons. The molecule has 1 unspecified atom stereocenters. The molecule has 22 heavy (non-hydrogen) atoms. The number of carbonyl (C=O) groups is 2. The van der Waals surface area contributed by atoms with Crippen LogP contribution in [0.3, 0.4) is 0 Å². The molecule has 1 aromatic carbocycles. The van der Waals surface area contributed by atoms with Gasteiger partial charge in [0, 0.05) is 22.6 Å². The number of nitrogens with two attached hydrogens (primary N) is 1. The monoisotopic (exact) mass is 331 g/mol. The zero-order valence-corrected chi connectivity index (χ0v) is 12.8. The number of fused-ring (bicyclic) bond motifs is 1. The number of halogens is 1. The molecule has 0 spiro atoms. The molecule has 0 bridgehead atoms. The van der Waals surface area contributed by atoms with Gasteiger partial charge in [-0.15, -0.1) is 11.3 Å². The Balaban J connectivity index is 2.00. The summed E-state index contributed by atoms with van der Waals surface area (Å²) in [4.78, 5) is 24.6. The zero-order chi connectivity index (χ0) is 15.9. The number of nitriles is 1. The summed E-state index contributed by atoms with van der Waals surface area (Å²) in [6.07, 6.45) is 0.230. The van der Waals surface area contributed by atoms with E-state index >= 15 is 0 Å². The Kier molecular flexibility index (Phi) is 3.61. The van der Waals surface area contributed by atoms with Gasteiger partial charge in [0.15, 0.2) is 0 Å². The molecule has 2 heterocycles. The van der Waals surface area contributed by atoms with E-state index in [0.717, 1.165) is 11.3 Å². The standard InChI is InChI=1S/C15H10ClN3O2S/c16-9-3-1-7(2-4-9)12(20)13-11(18)10-5-8(6-17)14(21)19-15(10)22-13/h1-4,8H,5,18H2,(H,19,21). The summed E-state index contributed by atoms with van der Waals surface area (Å²) in [5.74, 6) is -1.36.